The predicted octanol–water partition coefficient (Wildman–Crippen LogP) is 4.06. The van der Waals surface area contributed by atoms with Gasteiger partial charge in [-0.25, -0.2) is 4.68 Å². The molecule has 1 aromatic heterocycles. The van der Waals surface area contributed by atoms with Gasteiger partial charge in [0.25, 0.3) is 5.91 Å². The fraction of sp³-hybridized carbons (Fsp3) is 0.105. The van der Waals surface area contributed by atoms with Crippen LogP contribution in [0.5, 0.6) is 5.75 Å². The van der Waals surface area contributed by atoms with Crippen LogP contribution in [0.15, 0.2) is 60.8 Å². The lowest BCUT2D eigenvalue weighted by molar-refractivity contribution is -0.137. The van der Waals surface area contributed by atoms with Crippen molar-refractivity contribution in [2.45, 2.75) is 12.9 Å². The van der Waals surface area contributed by atoms with Crippen molar-refractivity contribution in [1.29, 1.82) is 5.26 Å². The van der Waals surface area contributed by atoms with Crippen molar-refractivity contribution in [2.75, 3.05) is 5.32 Å². The molecular formula is C19H13F3N4O2. The maximum absolute atomic E-state index is 12.7. The highest BCUT2D eigenvalue weighted by Gasteiger charge is 2.30. The first-order valence-corrected chi connectivity index (χ1v) is 8.01. The maximum atomic E-state index is 12.7. The van der Waals surface area contributed by atoms with Crippen LogP contribution in [0.2, 0.25) is 0 Å². The Bertz CT molecular complexity index is 1040. The number of aromatic nitrogens is 2. The van der Waals surface area contributed by atoms with Gasteiger partial charge in [0, 0.05) is 6.20 Å². The van der Waals surface area contributed by atoms with Crippen LogP contribution in [-0.4, -0.2) is 15.7 Å². The summed E-state index contributed by atoms with van der Waals surface area (Å²) in [6.07, 6.45) is -3.01. The molecule has 0 aliphatic rings. The molecule has 1 amide bonds. The SMILES string of the molecule is N#Cc1ccccc1NC(=O)c1ccn(COc2cccc(C(F)(F)F)c2)n1. The number of ether oxygens (including phenoxy) is 1. The number of hydrogen-bond donors (Lipinski definition) is 1. The zero-order chi connectivity index (χ0) is 20.1. The zero-order valence-electron chi connectivity index (χ0n) is 14.3. The summed E-state index contributed by atoms with van der Waals surface area (Å²) in [4.78, 5) is 12.3. The fourth-order valence-electron chi connectivity index (χ4n) is 2.33. The van der Waals surface area contributed by atoms with Crippen molar-refractivity contribution in [1.82, 2.24) is 9.78 Å². The monoisotopic (exact) mass is 386 g/mol. The van der Waals surface area contributed by atoms with Crippen LogP contribution in [0, 0.1) is 11.3 Å². The van der Waals surface area contributed by atoms with Gasteiger partial charge in [-0.05, 0) is 36.4 Å². The number of hydrogen-bond acceptors (Lipinski definition) is 4. The Morgan fingerprint density at radius 1 is 1.18 bits per heavy atom. The molecule has 3 aromatic rings. The Morgan fingerprint density at radius 3 is 2.71 bits per heavy atom. The summed E-state index contributed by atoms with van der Waals surface area (Å²) in [5, 5.41) is 15.7. The van der Waals surface area contributed by atoms with Gasteiger partial charge in [0.05, 0.1) is 16.8 Å². The highest BCUT2D eigenvalue weighted by molar-refractivity contribution is 6.03. The predicted molar refractivity (Wildman–Crippen MR) is 93.4 cm³/mol. The lowest BCUT2D eigenvalue weighted by atomic mass is 10.2. The summed E-state index contributed by atoms with van der Waals surface area (Å²) < 4.78 is 44.7. The zero-order valence-corrected chi connectivity index (χ0v) is 14.3. The lowest BCUT2D eigenvalue weighted by Crippen LogP contribution is -2.15. The number of carbonyl (C=O) groups excluding carboxylic acids is 1. The molecule has 0 aliphatic heterocycles. The van der Waals surface area contributed by atoms with Crippen LogP contribution in [0.1, 0.15) is 21.6 Å². The highest BCUT2D eigenvalue weighted by atomic mass is 19.4. The van der Waals surface area contributed by atoms with Gasteiger partial charge in [-0.2, -0.15) is 23.5 Å². The second kappa shape index (κ2) is 7.84. The molecule has 0 aliphatic carbocycles. The standard InChI is InChI=1S/C19H13F3N4O2/c20-19(21,22)14-5-3-6-15(10-14)28-12-26-9-8-17(25-26)18(27)24-16-7-2-1-4-13(16)11-23/h1-10H,12H2,(H,24,27). The molecule has 6 nitrogen and oxygen atoms in total. The third-order valence-corrected chi connectivity index (χ3v) is 3.69. The second-order valence-corrected chi connectivity index (χ2v) is 5.65. The number of benzene rings is 2. The van der Waals surface area contributed by atoms with Crippen LogP contribution in [-0.2, 0) is 12.9 Å². The van der Waals surface area contributed by atoms with E-state index in [9.17, 15) is 18.0 Å². The van der Waals surface area contributed by atoms with Crippen LogP contribution < -0.4 is 10.1 Å². The van der Waals surface area contributed by atoms with E-state index in [1.54, 1.807) is 24.3 Å². The Labute approximate surface area is 157 Å². The van der Waals surface area contributed by atoms with Crippen molar-refractivity contribution in [2.24, 2.45) is 0 Å². The Kier molecular flexibility index (Phi) is 5.31. The molecule has 0 saturated carbocycles. The Morgan fingerprint density at radius 2 is 1.96 bits per heavy atom. The molecule has 0 atom stereocenters. The molecule has 0 fully saturated rings. The van der Waals surface area contributed by atoms with E-state index in [-0.39, 0.29) is 18.2 Å². The Balaban J connectivity index is 1.64. The smallest absolute Gasteiger partial charge is 0.416 e. The summed E-state index contributed by atoms with van der Waals surface area (Å²) in [5.41, 5.74) is -0.0880. The van der Waals surface area contributed by atoms with Gasteiger partial charge in [0.2, 0.25) is 0 Å². The number of para-hydroxylation sites is 1. The van der Waals surface area contributed by atoms with E-state index in [1.165, 1.54) is 29.1 Å². The van der Waals surface area contributed by atoms with Crippen LogP contribution in [0.4, 0.5) is 18.9 Å². The van der Waals surface area contributed by atoms with Crippen LogP contribution in [0.25, 0.3) is 0 Å². The van der Waals surface area contributed by atoms with E-state index in [1.807, 2.05) is 6.07 Å². The number of anilines is 1. The van der Waals surface area contributed by atoms with Crippen LogP contribution in [0.3, 0.4) is 0 Å². The van der Waals surface area contributed by atoms with E-state index >= 15 is 0 Å². The molecule has 142 valence electrons. The van der Waals surface area contributed by atoms with Gasteiger partial charge < -0.3 is 10.1 Å². The van der Waals surface area contributed by atoms with Gasteiger partial charge in [-0.3, -0.25) is 4.79 Å². The van der Waals surface area contributed by atoms with Gasteiger partial charge in [-0.15, -0.1) is 0 Å². The second-order valence-electron chi connectivity index (χ2n) is 5.65. The molecule has 2 aromatic carbocycles. The number of carbonyl (C=O) groups is 1. The topological polar surface area (TPSA) is 79.9 Å². The number of nitriles is 1. The minimum Gasteiger partial charge on any atom is -0.471 e. The van der Waals surface area contributed by atoms with E-state index in [4.69, 9.17) is 10.00 Å². The first-order valence-electron chi connectivity index (χ1n) is 8.01. The van der Waals surface area contributed by atoms with Crippen molar-refractivity contribution in [3.05, 3.63) is 77.6 Å². The van der Waals surface area contributed by atoms with Gasteiger partial charge in [0.15, 0.2) is 12.4 Å². The number of rotatable bonds is 5. The molecule has 1 N–H and O–H groups in total. The normalized spacial score (nSPS) is 10.9. The molecule has 9 heteroatoms. The van der Waals surface area contributed by atoms with Gasteiger partial charge in [-0.1, -0.05) is 18.2 Å². The minimum atomic E-state index is -4.46. The third-order valence-electron chi connectivity index (χ3n) is 3.69. The average molecular weight is 386 g/mol. The highest BCUT2D eigenvalue weighted by Crippen LogP contribution is 2.31. The van der Waals surface area contributed by atoms with E-state index in [0.29, 0.717) is 11.3 Å². The van der Waals surface area contributed by atoms with E-state index < -0.39 is 17.6 Å². The summed E-state index contributed by atoms with van der Waals surface area (Å²) in [6, 6.07) is 14.4. The molecule has 3 rings (SSSR count). The van der Waals surface area contributed by atoms with Gasteiger partial charge >= 0.3 is 6.18 Å². The Hall–Kier alpha value is -3.80. The molecule has 0 radical (unpaired) electrons. The third kappa shape index (κ3) is 4.48. The number of nitrogens with one attached hydrogen (secondary N) is 1. The number of alkyl halides is 3. The van der Waals surface area contributed by atoms with E-state index in [2.05, 4.69) is 10.4 Å². The van der Waals surface area contributed by atoms with E-state index in [0.717, 1.165) is 12.1 Å². The summed E-state index contributed by atoms with van der Waals surface area (Å²) in [6.45, 7) is -0.177. The first-order chi connectivity index (χ1) is 13.4. The summed E-state index contributed by atoms with van der Waals surface area (Å²) in [7, 11) is 0. The summed E-state index contributed by atoms with van der Waals surface area (Å²) >= 11 is 0. The largest absolute Gasteiger partial charge is 0.471 e. The lowest BCUT2D eigenvalue weighted by Gasteiger charge is -2.10. The quantitative estimate of drug-likeness (QED) is 0.717. The molecule has 0 bridgehead atoms. The molecule has 0 saturated heterocycles. The fourth-order valence-corrected chi connectivity index (χ4v) is 2.33. The average Bonchev–Trinajstić information content (AvgIpc) is 3.15. The molecular weight excluding hydrogens is 373 g/mol. The van der Waals surface area contributed by atoms with Crippen molar-refractivity contribution >= 4 is 11.6 Å². The molecule has 0 spiro atoms. The number of amides is 1. The first kappa shape index (κ1) is 19.0. The minimum absolute atomic E-state index is 0.0271. The van der Waals surface area contributed by atoms with Crippen molar-refractivity contribution in [3.63, 3.8) is 0 Å². The van der Waals surface area contributed by atoms with Crippen molar-refractivity contribution < 1.29 is 22.7 Å². The maximum Gasteiger partial charge on any atom is 0.416 e. The van der Waals surface area contributed by atoms with Crippen LogP contribution >= 0.6 is 0 Å². The van der Waals surface area contributed by atoms with Crippen molar-refractivity contribution in [3.8, 4) is 11.8 Å². The summed E-state index contributed by atoms with van der Waals surface area (Å²) in [5.74, 6) is -0.500. The molecule has 1 heterocycles. The number of halogens is 3. The molecule has 28 heavy (non-hydrogen) atoms. The molecule has 0 unspecified atom stereocenters. The van der Waals surface area contributed by atoms with Gasteiger partial charge in [0.1, 0.15) is 11.8 Å². The number of nitrogens with zero attached hydrogens (tertiary/aromatic N) is 3.